The molecule has 4 heteroatoms. The minimum atomic E-state index is 0.558. The van der Waals surface area contributed by atoms with Crippen molar-refractivity contribution in [2.45, 2.75) is 31.7 Å². The van der Waals surface area contributed by atoms with E-state index in [0.717, 1.165) is 17.0 Å². The van der Waals surface area contributed by atoms with Gasteiger partial charge in [-0.1, -0.05) is 6.42 Å². The van der Waals surface area contributed by atoms with Crippen LogP contribution in [0.1, 0.15) is 36.6 Å². The maximum atomic E-state index is 5.59. The van der Waals surface area contributed by atoms with Crippen molar-refractivity contribution in [3.63, 3.8) is 0 Å². The molecule has 0 bridgehead atoms. The third-order valence-corrected chi connectivity index (χ3v) is 3.21. The highest BCUT2D eigenvalue weighted by atomic mass is 15.2. The number of aromatic nitrogens is 3. The Bertz CT molecular complexity index is 484. The average molecular weight is 202 g/mol. The van der Waals surface area contributed by atoms with E-state index < -0.39 is 0 Å². The molecule has 1 saturated carbocycles. The van der Waals surface area contributed by atoms with E-state index >= 15 is 0 Å². The molecule has 0 aliphatic heterocycles. The summed E-state index contributed by atoms with van der Waals surface area (Å²) < 4.78 is 2.09. The fraction of sp³-hybridized carbons (Fsp3) is 0.455. The van der Waals surface area contributed by atoms with Gasteiger partial charge in [0.1, 0.15) is 5.82 Å². The maximum Gasteiger partial charge on any atom is 0.161 e. The zero-order valence-electron chi connectivity index (χ0n) is 8.56. The third-order valence-electron chi connectivity index (χ3n) is 3.21. The van der Waals surface area contributed by atoms with Gasteiger partial charge in [0.05, 0.1) is 0 Å². The van der Waals surface area contributed by atoms with Crippen molar-refractivity contribution in [2.75, 3.05) is 0 Å². The van der Waals surface area contributed by atoms with E-state index in [-0.39, 0.29) is 0 Å². The van der Waals surface area contributed by atoms with E-state index in [9.17, 15) is 0 Å². The van der Waals surface area contributed by atoms with Crippen LogP contribution in [0.5, 0.6) is 0 Å². The number of fused-ring (bicyclic) bond motifs is 1. The second kappa shape index (κ2) is 3.31. The SMILES string of the molecule is NCc1ccn2c(C3CCC3)nnc2c1. The van der Waals surface area contributed by atoms with Crippen LogP contribution in [-0.4, -0.2) is 14.6 Å². The van der Waals surface area contributed by atoms with Crippen LogP contribution in [0.25, 0.3) is 5.65 Å². The van der Waals surface area contributed by atoms with E-state index in [0.29, 0.717) is 12.5 Å². The number of hydrogen-bond donors (Lipinski definition) is 1. The van der Waals surface area contributed by atoms with Gasteiger partial charge in [-0.25, -0.2) is 0 Å². The van der Waals surface area contributed by atoms with Gasteiger partial charge >= 0.3 is 0 Å². The molecular weight excluding hydrogens is 188 g/mol. The lowest BCUT2D eigenvalue weighted by atomic mass is 9.85. The van der Waals surface area contributed by atoms with Gasteiger partial charge < -0.3 is 5.73 Å². The van der Waals surface area contributed by atoms with Crippen LogP contribution in [0.15, 0.2) is 18.3 Å². The average Bonchev–Trinajstić information content (AvgIpc) is 2.59. The van der Waals surface area contributed by atoms with Crippen molar-refractivity contribution in [2.24, 2.45) is 5.73 Å². The molecule has 1 aliphatic rings. The zero-order valence-corrected chi connectivity index (χ0v) is 8.56. The van der Waals surface area contributed by atoms with Crippen molar-refractivity contribution in [3.05, 3.63) is 29.7 Å². The molecular formula is C11H14N4. The van der Waals surface area contributed by atoms with Crippen LogP contribution in [-0.2, 0) is 6.54 Å². The van der Waals surface area contributed by atoms with Crippen molar-refractivity contribution in [1.82, 2.24) is 14.6 Å². The Hall–Kier alpha value is -1.42. The quantitative estimate of drug-likeness (QED) is 0.802. The van der Waals surface area contributed by atoms with E-state index in [1.807, 2.05) is 18.3 Å². The summed E-state index contributed by atoms with van der Waals surface area (Å²) in [4.78, 5) is 0. The molecule has 0 unspecified atom stereocenters. The third kappa shape index (κ3) is 1.33. The molecule has 3 rings (SSSR count). The topological polar surface area (TPSA) is 56.2 Å². The van der Waals surface area contributed by atoms with Gasteiger partial charge in [0.2, 0.25) is 0 Å². The maximum absolute atomic E-state index is 5.59. The molecule has 0 radical (unpaired) electrons. The van der Waals surface area contributed by atoms with E-state index in [2.05, 4.69) is 14.6 Å². The van der Waals surface area contributed by atoms with Crippen LogP contribution in [0, 0.1) is 0 Å². The highest BCUT2D eigenvalue weighted by Gasteiger charge is 2.24. The second-order valence-electron chi connectivity index (χ2n) is 4.15. The van der Waals surface area contributed by atoms with Gasteiger partial charge in [-0.2, -0.15) is 0 Å². The molecule has 0 amide bonds. The zero-order chi connectivity index (χ0) is 10.3. The number of pyridine rings is 1. The van der Waals surface area contributed by atoms with E-state index in [1.54, 1.807) is 0 Å². The van der Waals surface area contributed by atoms with Gasteiger partial charge in [-0.3, -0.25) is 4.40 Å². The molecule has 78 valence electrons. The second-order valence-corrected chi connectivity index (χ2v) is 4.15. The molecule has 2 N–H and O–H groups in total. The van der Waals surface area contributed by atoms with Crippen LogP contribution in [0.4, 0.5) is 0 Å². The smallest absolute Gasteiger partial charge is 0.161 e. The lowest BCUT2D eigenvalue weighted by Crippen LogP contribution is -2.12. The number of nitrogens with two attached hydrogens (primary N) is 1. The predicted molar refractivity (Wildman–Crippen MR) is 57.5 cm³/mol. The summed E-state index contributed by atoms with van der Waals surface area (Å²) in [5.41, 5.74) is 7.61. The Morgan fingerprint density at radius 2 is 2.27 bits per heavy atom. The largest absolute Gasteiger partial charge is 0.326 e. The highest BCUT2D eigenvalue weighted by molar-refractivity contribution is 5.41. The summed E-state index contributed by atoms with van der Waals surface area (Å²) in [5, 5.41) is 8.45. The van der Waals surface area contributed by atoms with Crippen molar-refractivity contribution < 1.29 is 0 Å². The first-order valence-corrected chi connectivity index (χ1v) is 5.42. The van der Waals surface area contributed by atoms with Gasteiger partial charge in [-0.15, -0.1) is 10.2 Å². The predicted octanol–water partition coefficient (Wildman–Crippen LogP) is 1.46. The molecule has 1 fully saturated rings. The lowest BCUT2D eigenvalue weighted by Gasteiger charge is -2.23. The standard InChI is InChI=1S/C11H14N4/c12-7-8-4-5-15-10(6-8)13-14-11(15)9-2-1-3-9/h4-6,9H,1-3,7,12H2. The summed E-state index contributed by atoms with van der Waals surface area (Å²) in [6.07, 6.45) is 5.85. The Morgan fingerprint density at radius 3 is 2.93 bits per heavy atom. The minimum Gasteiger partial charge on any atom is -0.326 e. The van der Waals surface area contributed by atoms with Gasteiger partial charge in [0, 0.05) is 18.7 Å². The van der Waals surface area contributed by atoms with E-state index in [4.69, 9.17) is 5.73 Å². The summed E-state index contributed by atoms with van der Waals surface area (Å²) >= 11 is 0. The fourth-order valence-corrected chi connectivity index (χ4v) is 2.02. The molecule has 0 atom stereocenters. The summed E-state index contributed by atoms with van der Waals surface area (Å²) in [7, 11) is 0. The van der Waals surface area contributed by atoms with Crippen molar-refractivity contribution in [3.8, 4) is 0 Å². The first-order chi connectivity index (χ1) is 7.38. The summed E-state index contributed by atoms with van der Waals surface area (Å²) in [5.74, 6) is 1.73. The van der Waals surface area contributed by atoms with Gasteiger partial charge in [0.15, 0.2) is 5.65 Å². The molecule has 0 spiro atoms. The Balaban J connectivity index is 2.09. The Morgan fingerprint density at radius 1 is 1.40 bits per heavy atom. The van der Waals surface area contributed by atoms with Crippen molar-refractivity contribution in [1.29, 1.82) is 0 Å². The van der Waals surface area contributed by atoms with Crippen molar-refractivity contribution >= 4 is 5.65 Å². The van der Waals surface area contributed by atoms with Crippen LogP contribution in [0.3, 0.4) is 0 Å². The molecule has 2 heterocycles. The molecule has 15 heavy (non-hydrogen) atoms. The fourth-order valence-electron chi connectivity index (χ4n) is 2.02. The molecule has 1 aliphatic carbocycles. The first-order valence-electron chi connectivity index (χ1n) is 5.42. The number of rotatable bonds is 2. The number of hydrogen-bond acceptors (Lipinski definition) is 3. The van der Waals surface area contributed by atoms with Crippen LogP contribution < -0.4 is 5.73 Å². The van der Waals surface area contributed by atoms with Crippen LogP contribution >= 0.6 is 0 Å². The Kier molecular flexibility index (Phi) is 1.95. The summed E-state index contributed by atoms with van der Waals surface area (Å²) in [6.45, 7) is 0.558. The Labute approximate surface area is 88.1 Å². The lowest BCUT2D eigenvalue weighted by molar-refractivity contribution is 0.399. The first kappa shape index (κ1) is 8.85. The highest BCUT2D eigenvalue weighted by Crippen LogP contribution is 2.35. The van der Waals surface area contributed by atoms with E-state index in [1.165, 1.54) is 19.3 Å². The molecule has 4 nitrogen and oxygen atoms in total. The molecule has 0 saturated heterocycles. The van der Waals surface area contributed by atoms with Crippen LogP contribution in [0.2, 0.25) is 0 Å². The molecule has 2 aromatic heterocycles. The monoisotopic (exact) mass is 202 g/mol. The minimum absolute atomic E-state index is 0.558. The van der Waals surface area contributed by atoms with Gasteiger partial charge in [0.25, 0.3) is 0 Å². The summed E-state index contributed by atoms with van der Waals surface area (Å²) in [6, 6.07) is 4.05. The number of nitrogens with zero attached hydrogens (tertiary/aromatic N) is 3. The normalized spacial score (nSPS) is 16.9. The van der Waals surface area contributed by atoms with Gasteiger partial charge in [-0.05, 0) is 30.5 Å². The molecule has 0 aromatic carbocycles. The molecule has 2 aromatic rings.